The lowest BCUT2D eigenvalue weighted by atomic mass is 9.67. The Hall–Kier alpha value is -1.98. The van der Waals surface area contributed by atoms with Gasteiger partial charge in [0, 0.05) is 30.9 Å². The fraction of sp³-hybridized carbons (Fsp3) is 0.538. The van der Waals surface area contributed by atoms with Gasteiger partial charge in [0.05, 0.1) is 10.3 Å². The van der Waals surface area contributed by atoms with Crippen LogP contribution in [0.25, 0.3) is 0 Å². The van der Waals surface area contributed by atoms with Crippen LogP contribution < -0.4 is 0 Å². The molecule has 0 N–H and O–H groups in total. The molecule has 1 atom stereocenters. The summed E-state index contributed by atoms with van der Waals surface area (Å²) in [6, 6.07) is 5.98. The number of rotatable bonds is 5. The molecule has 19 heavy (non-hydrogen) atoms. The van der Waals surface area contributed by atoms with Gasteiger partial charge in [-0.3, -0.25) is 20.2 Å². The number of nitro groups is 2. The number of nitrogens with zero attached hydrogens (tertiary/aromatic N) is 2. The zero-order chi connectivity index (χ0) is 14.8. The van der Waals surface area contributed by atoms with Gasteiger partial charge in [-0.25, -0.2) is 0 Å². The predicted molar refractivity (Wildman–Crippen MR) is 71.8 cm³/mol. The number of non-ortho nitro benzene ring substituents is 1. The van der Waals surface area contributed by atoms with Crippen molar-refractivity contribution in [1.29, 1.82) is 0 Å². The first kappa shape index (κ1) is 15.1. The molecule has 0 spiro atoms. The van der Waals surface area contributed by atoms with Gasteiger partial charge in [0.15, 0.2) is 0 Å². The van der Waals surface area contributed by atoms with Crippen LogP contribution in [0.1, 0.15) is 39.7 Å². The number of benzene rings is 1. The van der Waals surface area contributed by atoms with Crippen molar-refractivity contribution in [2.24, 2.45) is 0 Å². The third-order valence-corrected chi connectivity index (χ3v) is 4.23. The molecule has 6 heteroatoms. The van der Waals surface area contributed by atoms with E-state index in [1.165, 1.54) is 12.1 Å². The van der Waals surface area contributed by atoms with Crippen molar-refractivity contribution in [2.45, 2.75) is 45.1 Å². The summed E-state index contributed by atoms with van der Waals surface area (Å²) in [7, 11) is 0. The van der Waals surface area contributed by atoms with Crippen LogP contribution in [0.3, 0.4) is 0 Å². The van der Waals surface area contributed by atoms with E-state index in [-0.39, 0.29) is 10.6 Å². The van der Waals surface area contributed by atoms with E-state index in [0.717, 1.165) is 5.56 Å². The molecule has 0 heterocycles. The minimum atomic E-state index is -1.15. The summed E-state index contributed by atoms with van der Waals surface area (Å²) in [4.78, 5) is 21.1. The Morgan fingerprint density at radius 2 is 1.53 bits per heavy atom. The summed E-state index contributed by atoms with van der Waals surface area (Å²) in [6.07, 6.45) is 0.568. The Morgan fingerprint density at radius 3 is 1.84 bits per heavy atom. The molecule has 6 nitrogen and oxygen atoms in total. The summed E-state index contributed by atoms with van der Waals surface area (Å²) in [5.41, 5.74) is -1.12. The standard InChI is InChI=1S/C13H18N2O4/c1-5-13(4,12(2,3)15(18)19)10-6-8-11(9-7-10)14(16)17/h6-9H,5H2,1-4H3/t13-/m0/s1. The molecule has 0 bridgehead atoms. The largest absolute Gasteiger partial charge is 0.269 e. The van der Waals surface area contributed by atoms with Gasteiger partial charge in [0.1, 0.15) is 0 Å². The van der Waals surface area contributed by atoms with E-state index in [1.54, 1.807) is 26.0 Å². The molecule has 104 valence electrons. The second-order valence-electron chi connectivity index (χ2n) is 5.31. The molecule has 0 saturated carbocycles. The van der Waals surface area contributed by atoms with Crippen molar-refractivity contribution >= 4 is 5.69 Å². The van der Waals surface area contributed by atoms with E-state index < -0.39 is 15.9 Å². The molecule has 0 aliphatic rings. The first-order chi connectivity index (χ1) is 8.66. The van der Waals surface area contributed by atoms with E-state index in [1.807, 2.05) is 13.8 Å². The molecule has 0 aromatic heterocycles. The predicted octanol–water partition coefficient (Wildman–Crippen LogP) is 3.32. The van der Waals surface area contributed by atoms with Gasteiger partial charge in [0.25, 0.3) is 5.69 Å². The van der Waals surface area contributed by atoms with Gasteiger partial charge in [-0.05, 0) is 18.9 Å². The summed E-state index contributed by atoms with van der Waals surface area (Å²) in [6.45, 7) is 6.86. The Bertz CT molecular complexity index is 496. The van der Waals surface area contributed by atoms with Gasteiger partial charge in [-0.2, -0.15) is 0 Å². The highest BCUT2D eigenvalue weighted by Gasteiger charge is 2.50. The quantitative estimate of drug-likeness (QED) is 0.604. The molecule has 0 aliphatic heterocycles. The fourth-order valence-electron chi connectivity index (χ4n) is 2.14. The number of nitro benzene ring substituents is 1. The monoisotopic (exact) mass is 266 g/mol. The topological polar surface area (TPSA) is 86.3 Å². The molecule has 0 aliphatic carbocycles. The molecule has 0 unspecified atom stereocenters. The fourth-order valence-corrected chi connectivity index (χ4v) is 2.14. The van der Waals surface area contributed by atoms with Gasteiger partial charge in [0.2, 0.25) is 5.54 Å². The van der Waals surface area contributed by atoms with Gasteiger partial charge < -0.3 is 0 Å². The maximum Gasteiger partial charge on any atom is 0.269 e. The summed E-state index contributed by atoms with van der Waals surface area (Å²) < 4.78 is 0. The zero-order valence-electron chi connectivity index (χ0n) is 11.5. The highest BCUT2D eigenvalue weighted by molar-refractivity contribution is 5.37. The molecule has 0 amide bonds. The van der Waals surface area contributed by atoms with E-state index in [9.17, 15) is 20.2 Å². The van der Waals surface area contributed by atoms with E-state index in [4.69, 9.17) is 0 Å². The maximum absolute atomic E-state index is 11.3. The maximum atomic E-state index is 11.3. The van der Waals surface area contributed by atoms with Crippen LogP contribution >= 0.6 is 0 Å². The minimum absolute atomic E-state index is 0.0129. The minimum Gasteiger partial charge on any atom is -0.264 e. The highest BCUT2D eigenvalue weighted by atomic mass is 16.6. The highest BCUT2D eigenvalue weighted by Crippen LogP contribution is 2.40. The summed E-state index contributed by atoms with van der Waals surface area (Å²) >= 11 is 0. The SMILES string of the molecule is CC[C@@](C)(c1ccc([N+](=O)[O-])cc1)C(C)(C)[N+](=O)[O-]. The Labute approximate surface area is 111 Å². The first-order valence-electron chi connectivity index (χ1n) is 6.06. The molecule has 1 aromatic carbocycles. The van der Waals surface area contributed by atoms with Crippen molar-refractivity contribution in [2.75, 3.05) is 0 Å². The normalized spacial score (nSPS) is 14.7. The van der Waals surface area contributed by atoms with Crippen molar-refractivity contribution in [3.63, 3.8) is 0 Å². The molecule has 0 fully saturated rings. The molecular weight excluding hydrogens is 248 g/mol. The molecule has 0 radical (unpaired) electrons. The van der Waals surface area contributed by atoms with Crippen LogP contribution in [0.15, 0.2) is 24.3 Å². The van der Waals surface area contributed by atoms with E-state index in [0.29, 0.717) is 6.42 Å². The zero-order valence-corrected chi connectivity index (χ0v) is 11.5. The average molecular weight is 266 g/mol. The van der Waals surface area contributed by atoms with E-state index in [2.05, 4.69) is 0 Å². The lowest BCUT2D eigenvalue weighted by molar-refractivity contribution is -0.574. The second-order valence-corrected chi connectivity index (χ2v) is 5.31. The second kappa shape index (κ2) is 4.95. The summed E-state index contributed by atoms with van der Waals surface area (Å²) in [5.74, 6) is 0. The van der Waals surface area contributed by atoms with Crippen molar-refractivity contribution in [3.8, 4) is 0 Å². The summed E-state index contributed by atoms with van der Waals surface area (Å²) in [5, 5.41) is 21.9. The number of hydrogen-bond donors (Lipinski definition) is 0. The lowest BCUT2D eigenvalue weighted by Crippen LogP contribution is -2.50. The van der Waals surface area contributed by atoms with Crippen molar-refractivity contribution in [3.05, 3.63) is 50.1 Å². The first-order valence-corrected chi connectivity index (χ1v) is 6.06. The smallest absolute Gasteiger partial charge is 0.264 e. The van der Waals surface area contributed by atoms with Gasteiger partial charge >= 0.3 is 0 Å². The van der Waals surface area contributed by atoms with Crippen LogP contribution in [0.2, 0.25) is 0 Å². The third kappa shape index (κ3) is 2.43. The van der Waals surface area contributed by atoms with E-state index >= 15 is 0 Å². The lowest BCUT2D eigenvalue weighted by Gasteiger charge is -2.37. The molecular formula is C13H18N2O4. The van der Waals surface area contributed by atoms with Gasteiger partial charge in [-0.1, -0.05) is 19.1 Å². The van der Waals surface area contributed by atoms with Crippen LogP contribution in [0.4, 0.5) is 5.69 Å². The van der Waals surface area contributed by atoms with Crippen LogP contribution in [-0.4, -0.2) is 15.4 Å². The number of hydrogen-bond acceptors (Lipinski definition) is 4. The van der Waals surface area contributed by atoms with Crippen LogP contribution in [0.5, 0.6) is 0 Å². The van der Waals surface area contributed by atoms with Crippen molar-refractivity contribution < 1.29 is 9.85 Å². The third-order valence-electron chi connectivity index (χ3n) is 4.23. The Kier molecular flexibility index (Phi) is 3.93. The Morgan fingerprint density at radius 1 is 1.05 bits per heavy atom. The molecule has 1 aromatic rings. The van der Waals surface area contributed by atoms with Crippen LogP contribution in [-0.2, 0) is 5.41 Å². The molecule has 0 saturated heterocycles. The Balaban J connectivity index is 3.30. The average Bonchev–Trinajstić information content (AvgIpc) is 2.37. The van der Waals surface area contributed by atoms with Gasteiger partial charge in [-0.15, -0.1) is 0 Å². The van der Waals surface area contributed by atoms with Crippen molar-refractivity contribution in [1.82, 2.24) is 0 Å². The molecule has 1 rings (SSSR count). The van der Waals surface area contributed by atoms with Crippen LogP contribution in [0, 0.1) is 20.2 Å².